The first-order valence-electron chi connectivity index (χ1n) is 10.2. The molecule has 5 N–H and O–H groups in total. The van der Waals surface area contributed by atoms with Crippen LogP contribution in [0.2, 0.25) is 0 Å². The van der Waals surface area contributed by atoms with Gasteiger partial charge < -0.3 is 24.3 Å². The molecular formula is C21H26N6O3S. The smallest absolute Gasteiger partial charge is 0.229 e. The Morgan fingerprint density at radius 1 is 1.29 bits per heavy atom. The van der Waals surface area contributed by atoms with Crippen molar-refractivity contribution in [2.45, 2.75) is 48.8 Å². The minimum Gasteiger partial charge on any atom is -0.593 e. The number of nitrogens with zero attached hydrogens (tertiary/aromatic N) is 3. The molecule has 0 amide bonds. The summed E-state index contributed by atoms with van der Waals surface area (Å²) in [5, 5.41) is 22.7. The molecule has 2 atom stereocenters. The lowest BCUT2D eigenvalue weighted by molar-refractivity contribution is -0.116. The molecule has 164 valence electrons. The number of hydrogen-bond donors (Lipinski definition) is 4. The summed E-state index contributed by atoms with van der Waals surface area (Å²) in [6.45, 7) is 0. The lowest BCUT2D eigenvalue weighted by atomic mass is 9.82. The number of fused-ring (bicyclic) bond motifs is 1. The van der Waals surface area contributed by atoms with Gasteiger partial charge in [0, 0.05) is 17.3 Å². The topological polar surface area (TPSA) is 141 Å². The molecule has 1 aromatic carbocycles. The monoisotopic (exact) mass is 442 g/mol. The number of nitrogens with one attached hydrogen (secondary N) is 2. The fourth-order valence-corrected chi connectivity index (χ4v) is 4.65. The van der Waals surface area contributed by atoms with E-state index in [-0.39, 0.29) is 0 Å². The summed E-state index contributed by atoms with van der Waals surface area (Å²) in [5.74, 6) is 0.357. The van der Waals surface area contributed by atoms with Crippen LogP contribution in [-0.4, -0.2) is 37.5 Å². The SMILES string of the molecule is CNC(O)c1cc2cnc(Nc3ccc([S+](N)[O-])cc3)nc2n1C1(C=O)CCCCC1. The van der Waals surface area contributed by atoms with Gasteiger partial charge >= 0.3 is 0 Å². The largest absolute Gasteiger partial charge is 0.593 e. The van der Waals surface area contributed by atoms with Gasteiger partial charge in [-0.15, -0.1) is 5.14 Å². The first-order valence-corrected chi connectivity index (χ1v) is 11.4. The van der Waals surface area contributed by atoms with Crippen LogP contribution in [0.5, 0.6) is 0 Å². The van der Waals surface area contributed by atoms with Crippen LogP contribution in [0.4, 0.5) is 11.6 Å². The van der Waals surface area contributed by atoms with E-state index in [9.17, 15) is 14.5 Å². The summed E-state index contributed by atoms with van der Waals surface area (Å²) in [6.07, 6.45) is 6.12. The van der Waals surface area contributed by atoms with Crippen LogP contribution in [-0.2, 0) is 21.7 Å². The molecule has 0 aliphatic heterocycles. The standard InChI is InChI=1S/C21H26N6O3S/c1-23-19(29)17-11-14-12-24-20(25-15-5-7-16(8-6-15)31(22)30)26-18(14)27(17)21(13-28)9-3-2-4-10-21/h5-8,11-13,19,23,29H,2-4,9-10,22H2,1H3,(H,24,25,26). The zero-order valence-electron chi connectivity index (χ0n) is 17.2. The van der Waals surface area contributed by atoms with Crippen molar-refractivity contribution in [2.75, 3.05) is 12.4 Å². The van der Waals surface area contributed by atoms with Gasteiger partial charge in [-0.25, -0.2) is 4.98 Å². The van der Waals surface area contributed by atoms with Crippen molar-refractivity contribution in [3.63, 3.8) is 0 Å². The molecule has 0 bridgehead atoms. The predicted molar refractivity (Wildman–Crippen MR) is 119 cm³/mol. The van der Waals surface area contributed by atoms with Crippen LogP contribution in [0.1, 0.15) is 44.0 Å². The summed E-state index contributed by atoms with van der Waals surface area (Å²) in [5.41, 5.74) is 1.15. The molecule has 2 heterocycles. The van der Waals surface area contributed by atoms with Gasteiger partial charge in [0.1, 0.15) is 23.7 Å². The Balaban J connectivity index is 1.78. The number of aldehydes is 1. The van der Waals surface area contributed by atoms with E-state index in [2.05, 4.69) is 15.6 Å². The molecule has 1 fully saturated rings. The molecule has 2 aromatic heterocycles. The van der Waals surface area contributed by atoms with Gasteiger partial charge in [0.25, 0.3) is 0 Å². The van der Waals surface area contributed by atoms with Crippen LogP contribution in [0.3, 0.4) is 0 Å². The van der Waals surface area contributed by atoms with Crippen LogP contribution in [0.15, 0.2) is 41.4 Å². The molecule has 0 spiro atoms. The Labute approximate surface area is 183 Å². The van der Waals surface area contributed by atoms with Crippen molar-refractivity contribution in [1.82, 2.24) is 19.9 Å². The summed E-state index contributed by atoms with van der Waals surface area (Å²) >= 11 is -1.54. The lowest BCUT2D eigenvalue weighted by Crippen LogP contribution is -2.40. The van der Waals surface area contributed by atoms with Crippen molar-refractivity contribution < 1.29 is 14.5 Å². The van der Waals surface area contributed by atoms with Crippen molar-refractivity contribution >= 4 is 40.3 Å². The highest BCUT2D eigenvalue weighted by Crippen LogP contribution is 2.38. The molecule has 1 aliphatic carbocycles. The summed E-state index contributed by atoms with van der Waals surface area (Å²) in [4.78, 5) is 21.9. The van der Waals surface area contributed by atoms with E-state index in [4.69, 9.17) is 10.1 Å². The number of anilines is 2. The Hall–Kier alpha value is -2.50. The molecule has 0 radical (unpaired) electrons. The first kappa shape index (κ1) is 21.7. The Bertz CT molecular complexity index is 1060. The molecule has 4 rings (SSSR count). The molecule has 2 unspecified atom stereocenters. The number of hydrogen-bond acceptors (Lipinski definition) is 8. The van der Waals surface area contributed by atoms with Gasteiger partial charge in [-0.05, 0) is 50.2 Å². The van der Waals surface area contributed by atoms with E-state index in [1.165, 1.54) is 0 Å². The van der Waals surface area contributed by atoms with Crippen molar-refractivity contribution in [3.8, 4) is 0 Å². The van der Waals surface area contributed by atoms with E-state index in [0.29, 0.717) is 40.7 Å². The highest BCUT2D eigenvalue weighted by molar-refractivity contribution is 7.89. The second-order valence-corrected chi connectivity index (χ2v) is 8.86. The number of nitrogens with two attached hydrogens (primary N) is 1. The number of rotatable bonds is 7. The number of aliphatic hydroxyl groups excluding tert-OH is 1. The minimum atomic E-state index is -1.54. The van der Waals surface area contributed by atoms with Gasteiger partial charge in [0.15, 0.2) is 4.90 Å². The third kappa shape index (κ3) is 4.17. The Kier molecular flexibility index (Phi) is 6.26. The van der Waals surface area contributed by atoms with E-state index in [1.807, 2.05) is 10.6 Å². The van der Waals surface area contributed by atoms with E-state index < -0.39 is 23.1 Å². The average molecular weight is 443 g/mol. The van der Waals surface area contributed by atoms with Crippen molar-refractivity contribution in [1.29, 1.82) is 0 Å². The second-order valence-electron chi connectivity index (χ2n) is 7.80. The highest BCUT2D eigenvalue weighted by Gasteiger charge is 2.37. The summed E-state index contributed by atoms with van der Waals surface area (Å²) in [7, 11) is 1.66. The first-order chi connectivity index (χ1) is 15.0. The number of benzene rings is 1. The molecule has 9 nitrogen and oxygen atoms in total. The molecule has 1 aliphatic rings. The Morgan fingerprint density at radius 2 is 2.00 bits per heavy atom. The maximum absolute atomic E-state index is 12.3. The lowest BCUT2D eigenvalue weighted by Gasteiger charge is -2.36. The normalized spacial score (nSPS) is 17.9. The fraction of sp³-hybridized carbons (Fsp3) is 0.381. The van der Waals surface area contributed by atoms with Gasteiger partial charge in [0.2, 0.25) is 5.95 Å². The third-order valence-electron chi connectivity index (χ3n) is 5.85. The second kappa shape index (κ2) is 8.93. The quantitative estimate of drug-likeness (QED) is 0.248. The highest BCUT2D eigenvalue weighted by atomic mass is 32.2. The van der Waals surface area contributed by atoms with E-state index in [1.54, 1.807) is 37.5 Å². The number of aliphatic hydroxyl groups is 1. The number of carbonyl (C=O) groups is 1. The minimum absolute atomic E-state index is 0.357. The maximum Gasteiger partial charge on any atom is 0.229 e. The summed E-state index contributed by atoms with van der Waals surface area (Å²) in [6, 6.07) is 8.66. The molecule has 31 heavy (non-hydrogen) atoms. The molecule has 1 saturated carbocycles. The van der Waals surface area contributed by atoms with Crippen LogP contribution < -0.4 is 15.8 Å². The average Bonchev–Trinajstić information content (AvgIpc) is 3.19. The number of carbonyl (C=O) groups excluding carboxylic acids is 1. The number of aromatic nitrogens is 3. The maximum atomic E-state index is 12.3. The fourth-order valence-electron chi connectivity index (χ4n) is 4.25. The van der Waals surface area contributed by atoms with Gasteiger partial charge in [0.05, 0.1) is 17.1 Å². The zero-order valence-corrected chi connectivity index (χ0v) is 18.1. The van der Waals surface area contributed by atoms with Crippen LogP contribution in [0, 0.1) is 0 Å². The molecule has 0 saturated heterocycles. The molecular weight excluding hydrogens is 416 g/mol. The van der Waals surface area contributed by atoms with Gasteiger partial charge in [-0.3, -0.25) is 5.32 Å². The van der Waals surface area contributed by atoms with Crippen LogP contribution in [0.25, 0.3) is 11.0 Å². The van der Waals surface area contributed by atoms with Crippen molar-refractivity contribution in [2.24, 2.45) is 5.14 Å². The molecule has 10 heteroatoms. The van der Waals surface area contributed by atoms with Crippen LogP contribution >= 0.6 is 0 Å². The van der Waals surface area contributed by atoms with E-state index in [0.717, 1.165) is 30.9 Å². The zero-order chi connectivity index (χ0) is 22.0. The molecule has 3 aromatic rings. The summed E-state index contributed by atoms with van der Waals surface area (Å²) < 4.78 is 13.3. The van der Waals surface area contributed by atoms with Crippen molar-refractivity contribution in [3.05, 3.63) is 42.2 Å². The van der Waals surface area contributed by atoms with Gasteiger partial charge in [-0.2, -0.15) is 4.98 Å². The van der Waals surface area contributed by atoms with Gasteiger partial charge in [-0.1, -0.05) is 19.3 Å². The Morgan fingerprint density at radius 3 is 2.61 bits per heavy atom. The predicted octanol–water partition coefficient (Wildman–Crippen LogP) is 2.22. The van der Waals surface area contributed by atoms with E-state index >= 15 is 0 Å². The third-order valence-corrected chi connectivity index (χ3v) is 6.59.